The molecule has 0 aromatic carbocycles. The molecule has 18 heavy (non-hydrogen) atoms. The summed E-state index contributed by atoms with van der Waals surface area (Å²) >= 11 is 0. The Hall–Kier alpha value is -1.62. The number of hydrogen-bond donors (Lipinski definition) is 1. The molecular weight excluding hydrogens is 232 g/mol. The molecule has 0 atom stereocenters. The maximum absolute atomic E-state index is 11.0. The summed E-state index contributed by atoms with van der Waals surface area (Å²) in [5.74, 6) is 0.206. The first-order valence-corrected chi connectivity index (χ1v) is 5.92. The monoisotopic (exact) mass is 252 g/mol. The van der Waals surface area contributed by atoms with Crippen molar-refractivity contribution in [3.8, 4) is 5.75 Å². The molecule has 0 spiro atoms. The highest BCUT2D eigenvalue weighted by molar-refractivity contribution is 5.70. The molecule has 0 unspecified atom stereocenters. The van der Waals surface area contributed by atoms with Gasteiger partial charge < -0.3 is 14.8 Å². The summed E-state index contributed by atoms with van der Waals surface area (Å²) in [5, 5.41) is 3.27. The molecule has 100 valence electrons. The molecule has 0 aliphatic carbocycles. The van der Waals surface area contributed by atoms with Gasteiger partial charge in [-0.1, -0.05) is 13.8 Å². The predicted molar refractivity (Wildman–Crippen MR) is 68.5 cm³/mol. The maximum atomic E-state index is 11.0. The zero-order chi connectivity index (χ0) is 13.5. The van der Waals surface area contributed by atoms with Gasteiger partial charge in [0.05, 0.1) is 12.8 Å². The van der Waals surface area contributed by atoms with E-state index in [1.807, 2.05) is 19.1 Å². The normalized spacial score (nSPS) is 10.5. The van der Waals surface area contributed by atoms with Crippen LogP contribution in [0.4, 0.5) is 0 Å². The summed E-state index contributed by atoms with van der Waals surface area (Å²) in [4.78, 5) is 15.5. The van der Waals surface area contributed by atoms with E-state index >= 15 is 0 Å². The Bertz CT molecular complexity index is 405. The number of rotatable bonds is 6. The number of nitrogens with zero attached hydrogens (tertiary/aromatic N) is 1. The van der Waals surface area contributed by atoms with Gasteiger partial charge in [-0.25, -0.2) is 4.79 Å². The Balaban J connectivity index is 2.72. The van der Waals surface area contributed by atoms with E-state index in [9.17, 15) is 4.79 Å². The molecule has 5 heteroatoms. The highest BCUT2D eigenvalue weighted by atomic mass is 16.6. The van der Waals surface area contributed by atoms with Gasteiger partial charge in [0.2, 0.25) is 0 Å². The van der Waals surface area contributed by atoms with Crippen LogP contribution < -0.4 is 10.1 Å². The van der Waals surface area contributed by atoms with Crippen molar-refractivity contribution in [3.05, 3.63) is 23.5 Å². The first-order chi connectivity index (χ1) is 8.52. The molecule has 1 aromatic heterocycles. The van der Waals surface area contributed by atoms with Crippen molar-refractivity contribution in [1.29, 1.82) is 0 Å². The van der Waals surface area contributed by atoms with Crippen LogP contribution in [0.15, 0.2) is 12.1 Å². The average Bonchev–Trinajstić information content (AvgIpc) is 2.34. The topological polar surface area (TPSA) is 60.5 Å². The third kappa shape index (κ3) is 4.71. The van der Waals surface area contributed by atoms with E-state index in [1.165, 1.54) is 7.11 Å². The van der Waals surface area contributed by atoms with Crippen LogP contribution in [0, 0.1) is 6.92 Å². The lowest BCUT2D eigenvalue weighted by Crippen LogP contribution is -2.23. The van der Waals surface area contributed by atoms with Crippen LogP contribution in [0.3, 0.4) is 0 Å². The van der Waals surface area contributed by atoms with Crippen molar-refractivity contribution in [2.24, 2.45) is 0 Å². The van der Waals surface area contributed by atoms with Crippen molar-refractivity contribution in [1.82, 2.24) is 10.3 Å². The Morgan fingerprint density at radius 3 is 2.78 bits per heavy atom. The molecule has 1 N–H and O–H groups in total. The van der Waals surface area contributed by atoms with Crippen LogP contribution in [0.2, 0.25) is 0 Å². The first kappa shape index (κ1) is 14.4. The van der Waals surface area contributed by atoms with Gasteiger partial charge in [0, 0.05) is 18.3 Å². The second kappa shape index (κ2) is 6.96. The number of ether oxygens (including phenoxy) is 2. The van der Waals surface area contributed by atoms with E-state index in [1.54, 1.807) is 0 Å². The summed E-state index contributed by atoms with van der Waals surface area (Å²) in [6.07, 6.45) is 0. The lowest BCUT2D eigenvalue weighted by Gasteiger charge is -2.13. The molecule has 0 aliphatic heterocycles. The predicted octanol–water partition coefficient (Wildman–Crippen LogP) is 1.44. The fraction of sp³-hybridized carbons (Fsp3) is 0.538. The number of methoxy groups -OCH3 is 1. The van der Waals surface area contributed by atoms with Crippen LogP contribution in [0.1, 0.15) is 25.2 Å². The number of aromatic nitrogens is 1. The number of pyridine rings is 1. The van der Waals surface area contributed by atoms with Gasteiger partial charge in [0.1, 0.15) is 5.75 Å². The fourth-order valence-electron chi connectivity index (χ4n) is 1.35. The highest BCUT2D eigenvalue weighted by Gasteiger charge is 2.09. The van der Waals surface area contributed by atoms with Crippen molar-refractivity contribution in [2.75, 3.05) is 13.7 Å². The minimum Gasteiger partial charge on any atom is -0.480 e. The molecule has 0 fully saturated rings. The van der Waals surface area contributed by atoms with Gasteiger partial charge in [-0.3, -0.25) is 4.98 Å². The quantitative estimate of drug-likeness (QED) is 0.776. The van der Waals surface area contributed by atoms with Gasteiger partial charge in [-0.2, -0.15) is 0 Å². The molecule has 0 saturated heterocycles. The molecule has 0 aliphatic rings. The Morgan fingerprint density at radius 1 is 1.44 bits per heavy atom. The minimum absolute atomic E-state index is 0.101. The average molecular weight is 252 g/mol. The van der Waals surface area contributed by atoms with Crippen LogP contribution in [-0.4, -0.2) is 30.7 Å². The number of aryl methyl sites for hydroxylation is 1. The second-order valence-corrected chi connectivity index (χ2v) is 4.30. The first-order valence-electron chi connectivity index (χ1n) is 5.92. The fourth-order valence-corrected chi connectivity index (χ4v) is 1.35. The van der Waals surface area contributed by atoms with Gasteiger partial charge >= 0.3 is 5.97 Å². The largest absolute Gasteiger partial charge is 0.480 e. The zero-order valence-electron chi connectivity index (χ0n) is 11.3. The number of hydrogen-bond acceptors (Lipinski definition) is 5. The van der Waals surface area contributed by atoms with Crippen LogP contribution in [0.5, 0.6) is 5.75 Å². The SMILES string of the molecule is COC(=O)COc1ccc(C)nc1CNC(C)C. The van der Waals surface area contributed by atoms with Crippen LogP contribution >= 0.6 is 0 Å². The van der Waals surface area contributed by atoms with E-state index in [4.69, 9.17) is 4.74 Å². The Morgan fingerprint density at radius 2 is 2.17 bits per heavy atom. The highest BCUT2D eigenvalue weighted by Crippen LogP contribution is 2.17. The molecule has 0 amide bonds. The van der Waals surface area contributed by atoms with Gasteiger partial charge in [-0.05, 0) is 19.1 Å². The lowest BCUT2D eigenvalue weighted by molar-refractivity contribution is -0.142. The van der Waals surface area contributed by atoms with Gasteiger partial charge in [0.25, 0.3) is 0 Å². The Kier molecular flexibility index (Phi) is 5.58. The summed E-state index contributed by atoms with van der Waals surface area (Å²) < 4.78 is 9.93. The van der Waals surface area contributed by atoms with E-state index < -0.39 is 5.97 Å². The van der Waals surface area contributed by atoms with Crippen molar-refractivity contribution >= 4 is 5.97 Å². The van der Waals surface area contributed by atoms with Crippen LogP contribution in [-0.2, 0) is 16.1 Å². The third-order valence-corrected chi connectivity index (χ3v) is 2.32. The van der Waals surface area contributed by atoms with E-state index in [2.05, 4.69) is 28.9 Å². The third-order valence-electron chi connectivity index (χ3n) is 2.32. The number of carbonyl (C=O) groups is 1. The van der Waals surface area contributed by atoms with E-state index in [0.717, 1.165) is 11.4 Å². The smallest absolute Gasteiger partial charge is 0.343 e. The molecule has 5 nitrogen and oxygen atoms in total. The molecule has 0 bridgehead atoms. The lowest BCUT2D eigenvalue weighted by atomic mass is 10.2. The molecular formula is C13H20N2O3. The van der Waals surface area contributed by atoms with E-state index in [-0.39, 0.29) is 6.61 Å². The number of carbonyl (C=O) groups excluding carboxylic acids is 1. The molecule has 0 saturated carbocycles. The summed E-state index contributed by atoms with van der Waals surface area (Å²) in [5.41, 5.74) is 1.72. The molecule has 0 radical (unpaired) electrons. The van der Waals surface area contributed by atoms with Crippen molar-refractivity contribution in [3.63, 3.8) is 0 Å². The molecule has 1 rings (SSSR count). The summed E-state index contributed by atoms with van der Waals surface area (Å²) in [6, 6.07) is 4.04. The van der Waals surface area contributed by atoms with Gasteiger partial charge in [0.15, 0.2) is 6.61 Å². The minimum atomic E-state index is -0.404. The van der Waals surface area contributed by atoms with Gasteiger partial charge in [-0.15, -0.1) is 0 Å². The molecule has 1 aromatic rings. The molecule has 1 heterocycles. The summed E-state index contributed by atoms with van der Waals surface area (Å²) in [7, 11) is 1.33. The van der Waals surface area contributed by atoms with Crippen LogP contribution in [0.25, 0.3) is 0 Å². The number of esters is 1. The summed E-state index contributed by atoms with van der Waals surface area (Å²) in [6.45, 7) is 6.55. The Labute approximate surface area is 108 Å². The maximum Gasteiger partial charge on any atom is 0.343 e. The van der Waals surface area contributed by atoms with Crippen molar-refractivity contribution < 1.29 is 14.3 Å². The standard InChI is InChI=1S/C13H20N2O3/c1-9(2)14-7-11-12(6-5-10(3)15-11)18-8-13(16)17-4/h5-6,9,14H,7-8H2,1-4H3. The van der Waals surface area contributed by atoms with E-state index in [0.29, 0.717) is 18.3 Å². The number of nitrogens with one attached hydrogen (secondary N) is 1. The second-order valence-electron chi connectivity index (χ2n) is 4.30. The van der Waals surface area contributed by atoms with Crippen molar-refractivity contribution in [2.45, 2.75) is 33.4 Å². The zero-order valence-corrected chi connectivity index (χ0v) is 11.3.